The van der Waals surface area contributed by atoms with Crippen LogP contribution in [0.5, 0.6) is 0 Å². The molecule has 0 fully saturated rings. The second-order valence-electron chi connectivity index (χ2n) is 36.4. The minimum Gasteiger partial charge on any atom is -0.359 e. The second-order valence-corrected chi connectivity index (χ2v) is 43.2. The summed E-state index contributed by atoms with van der Waals surface area (Å²) in [6.45, 7) is 18.7. The van der Waals surface area contributed by atoms with Crippen molar-refractivity contribution in [1.29, 1.82) is 0 Å². The third kappa shape index (κ3) is 18.0. The van der Waals surface area contributed by atoms with E-state index in [1.807, 2.05) is 76.2 Å². The molecular weight excluding hydrogens is 1700 g/mol. The number of rotatable bonds is 10. The van der Waals surface area contributed by atoms with Gasteiger partial charge in [0.05, 0.1) is 38.7 Å². The fourth-order valence-corrected chi connectivity index (χ4v) is 21.5. The third-order valence-corrected chi connectivity index (χ3v) is 30.2. The van der Waals surface area contributed by atoms with Crippen molar-refractivity contribution in [3.05, 3.63) is 232 Å². The first-order valence-corrected chi connectivity index (χ1v) is 50.2. The SMILES string of the molecule is CS(=O)c1ccc2c(c1)/C(=C/c1cc3c([nH]1)CC(C)(C)CC3=O)C(=O)N2.CS(=O)c1ccc2c(c1)/C(=C/c1cc3c([nH]1)CCCC3=O)C(=O)N2.Cc1c(/C=C2\C(=O)Nc3ccc(S(C)=O)cc32)[nH]c2c1C(=O)C(C)(C)CC2.Cc1c(/C=C2\C(=O)Nc3ccc(S(C)=O)cc32)[nH]c2c1CC(C)(C)CC2.Cc1c(S(C)=O)ccc2c1/C(=C/c1cc3c([nH]1)CCCC3)C(=O)N2. The van der Waals surface area contributed by atoms with Crippen LogP contribution in [-0.2, 0) is 123 Å². The highest BCUT2D eigenvalue weighted by atomic mass is 32.2. The first kappa shape index (κ1) is 88.7. The van der Waals surface area contributed by atoms with Crippen molar-refractivity contribution in [3.8, 4) is 0 Å². The molecule has 0 bridgehead atoms. The van der Waals surface area contributed by atoms with Gasteiger partial charge < -0.3 is 51.5 Å². The Morgan fingerprint density at radius 1 is 0.323 bits per heavy atom. The molecule has 5 atom stereocenters. The van der Waals surface area contributed by atoms with E-state index in [1.54, 1.807) is 110 Å². The van der Waals surface area contributed by atoms with Crippen LogP contribution in [0.4, 0.5) is 28.4 Å². The van der Waals surface area contributed by atoms with Crippen LogP contribution < -0.4 is 26.6 Å². The Kier molecular flexibility index (Phi) is 24.3. The van der Waals surface area contributed by atoms with E-state index in [9.17, 15) is 59.4 Å². The number of amides is 5. The number of carbonyl (C=O) groups is 8. The van der Waals surface area contributed by atoms with E-state index >= 15 is 0 Å². The first-order valence-electron chi connectivity index (χ1n) is 42.5. The molecule has 0 saturated carbocycles. The molecule has 5 aliphatic heterocycles. The smallest absolute Gasteiger partial charge is 0.256 e. The van der Waals surface area contributed by atoms with Gasteiger partial charge in [-0.2, -0.15) is 0 Å². The number of ketones is 3. The highest BCUT2D eigenvalue weighted by Gasteiger charge is 2.40. The number of hydrogen-bond acceptors (Lipinski definition) is 13. The number of aryl methyl sites for hydroxylation is 5. The van der Waals surface area contributed by atoms with Gasteiger partial charge in [-0.15, -0.1) is 0 Å². The van der Waals surface area contributed by atoms with Crippen LogP contribution in [-0.4, -0.2) is 124 Å². The van der Waals surface area contributed by atoms with Gasteiger partial charge in [0.2, 0.25) is 0 Å². The lowest BCUT2D eigenvalue weighted by atomic mass is 9.74. The Balaban J connectivity index is 0.000000117. The van der Waals surface area contributed by atoms with Gasteiger partial charge in [0.1, 0.15) is 0 Å². The summed E-state index contributed by atoms with van der Waals surface area (Å²) in [5.74, 6) is -0.342. The van der Waals surface area contributed by atoms with Gasteiger partial charge in [-0.25, -0.2) is 0 Å². The molecule has 0 spiro atoms. The summed E-state index contributed by atoms with van der Waals surface area (Å²) in [6.07, 6.45) is 30.5. The van der Waals surface area contributed by atoms with Crippen molar-refractivity contribution < 1.29 is 59.4 Å². The normalized spacial score (nSPS) is 20.0. The number of aromatic nitrogens is 5. The fraction of sp³-hybridized carbons (Fsp3) is 0.313. The molecule has 20 rings (SSSR count). The van der Waals surface area contributed by atoms with Gasteiger partial charge >= 0.3 is 0 Å². The molecule has 10 N–H and O–H groups in total. The van der Waals surface area contributed by atoms with Crippen LogP contribution in [0, 0.1) is 37.0 Å². The van der Waals surface area contributed by atoms with E-state index in [4.69, 9.17) is 0 Å². The quantitative estimate of drug-likeness (QED) is 0.0570. The largest absolute Gasteiger partial charge is 0.359 e. The van der Waals surface area contributed by atoms with Gasteiger partial charge in [-0.05, 0) is 270 Å². The molecule has 656 valence electrons. The van der Waals surface area contributed by atoms with E-state index < -0.39 is 54.0 Å². The number of fused-ring (bicyclic) bond motifs is 10. The maximum atomic E-state index is 12.8. The van der Waals surface area contributed by atoms with Gasteiger partial charge in [0.25, 0.3) is 29.5 Å². The number of nitrogens with one attached hydrogen (secondary N) is 10. The third-order valence-electron chi connectivity index (χ3n) is 25.5. The number of anilines is 5. The lowest BCUT2D eigenvalue weighted by molar-refractivity contribution is -0.111. The van der Waals surface area contributed by atoms with Crippen molar-refractivity contribution in [2.75, 3.05) is 57.9 Å². The summed E-state index contributed by atoms with van der Waals surface area (Å²) in [7, 11) is -5.51. The Hall–Kier alpha value is -11.7. The average molecular weight is 1800 g/mol. The summed E-state index contributed by atoms with van der Waals surface area (Å²) in [6, 6.07) is 30.9. The molecule has 10 aromatic rings. The van der Waals surface area contributed by atoms with E-state index in [2.05, 4.69) is 92.2 Å². The van der Waals surface area contributed by atoms with Crippen LogP contribution in [0.3, 0.4) is 0 Å². The number of aromatic amines is 5. The van der Waals surface area contributed by atoms with E-state index in [0.29, 0.717) is 77.9 Å². The maximum Gasteiger partial charge on any atom is 0.256 e. The van der Waals surface area contributed by atoms with E-state index in [-0.39, 0.29) is 57.7 Å². The highest BCUT2D eigenvalue weighted by Crippen LogP contribution is 2.46. The molecule has 10 aliphatic rings. The van der Waals surface area contributed by atoms with Crippen LogP contribution in [0.15, 0.2) is 128 Å². The number of Topliss-reactive ketones (excluding diaryl/α,β-unsaturated/α-hetero) is 3. The first-order chi connectivity index (χ1) is 60.2. The van der Waals surface area contributed by atoms with Crippen molar-refractivity contribution >= 4 is 188 Å². The van der Waals surface area contributed by atoms with Crippen molar-refractivity contribution in [1.82, 2.24) is 24.9 Å². The van der Waals surface area contributed by atoms with Gasteiger partial charge in [-0.1, -0.05) is 41.5 Å². The molecular formula is C99H102N10O13S5. The molecule has 23 nitrogen and oxygen atoms in total. The summed E-state index contributed by atoms with van der Waals surface area (Å²) in [5, 5.41) is 14.3. The molecule has 127 heavy (non-hydrogen) atoms. The van der Waals surface area contributed by atoms with Crippen LogP contribution in [0.2, 0.25) is 0 Å². The predicted octanol–water partition coefficient (Wildman–Crippen LogP) is 17.4. The zero-order valence-electron chi connectivity index (χ0n) is 73.4. The lowest BCUT2D eigenvalue weighted by Crippen LogP contribution is -2.30. The Morgan fingerprint density at radius 2 is 0.740 bits per heavy atom. The molecule has 5 unspecified atom stereocenters. The summed E-state index contributed by atoms with van der Waals surface area (Å²) >= 11 is 0. The summed E-state index contributed by atoms with van der Waals surface area (Å²) in [5.41, 5.74) is 28.1. The zero-order chi connectivity index (χ0) is 90.5. The van der Waals surface area contributed by atoms with Crippen LogP contribution in [0.25, 0.3) is 58.2 Å². The molecule has 5 aromatic heterocycles. The van der Waals surface area contributed by atoms with Crippen LogP contribution >= 0.6 is 0 Å². The van der Waals surface area contributed by atoms with E-state index in [1.165, 1.54) is 47.3 Å². The van der Waals surface area contributed by atoms with Crippen LogP contribution in [0.1, 0.15) is 230 Å². The molecule has 0 radical (unpaired) electrons. The van der Waals surface area contributed by atoms with Crippen molar-refractivity contribution in [2.24, 2.45) is 16.2 Å². The second kappa shape index (κ2) is 34.8. The topological polar surface area (TPSA) is 361 Å². The number of benzene rings is 5. The van der Waals surface area contributed by atoms with Gasteiger partial charge in [-0.3, -0.25) is 59.4 Å². The zero-order valence-corrected chi connectivity index (χ0v) is 77.5. The minimum absolute atomic E-state index is 0.0588. The lowest BCUT2D eigenvalue weighted by Gasteiger charge is -2.29. The average Bonchev–Trinajstić information content (AvgIpc) is 1.62. The minimum atomic E-state index is -1.12. The maximum absolute atomic E-state index is 12.8. The molecule has 5 aliphatic carbocycles. The fourth-order valence-electron chi connectivity index (χ4n) is 18.5. The Bertz CT molecular complexity index is 6730. The number of H-pyrrole nitrogens is 5. The molecule has 5 amide bonds. The Morgan fingerprint density at radius 3 is 1.24 bits per heavy atom. The summed E-state index contributed by atoms with van der Waals surface area (Å²) < 4.78 is 59.0. The molecule has 10 heterocycles. The summed E-state index contributed by atoms with van der Waals surface area (Å²) in [4.78, 5) is 120. The van der Waals surface area contributed by atoms with Crippen molar-refractivity contribution in [2.45, 2.75) is 177 Å². The number of carbonyl (C=O) groups excluding carboxylic acids is 8. The highest BCUT2D eigenvalue weighted by molar-refractivity contribution is 7.85. The standard InChI is InChI=1S/C21H22N2O3S.C21H24N2O2S.C20H20N2O3S.C19H20N2O2S.C18H16N2O3S/c1-11-17(22-16-7-8-21(2,3)19(24)18(11)16)10-14-13-9-12(27(4)26)5-6-15(13)23-20(14)25;1-12-16-11-21(2,3)8-7-18(16)22-19(12)10-15-14-9-13(26(4)25)5-6-17(14)23-20(15)24;1-20(2)9-17-15(18(23)10-20)7-11(21-17)6-14-13-8-12(26(3)25)4-5-16(13)22-19(14)24;1-11-17(24(2)23)8-7-16-18(11)14(19(22)21-16)10-13-9-12-5-3-4-6-15(12)20-13;1-24(23)11-5-6-16-12(9-11)13(18(22)20-16)7-10-8-14-15(19-10)3-2-4-17(14)21/h5-6,9-10,22H,7-8H2,1-4H3,(H,23,25);5-6,9-10,22H,7-8,11H2,1-4H3,(H,23,24);4-8,21H,9-10H2,1-3H3,(H,22,24);7-10,20H,3-6H2,1-2H3,(H,21,22);5-9,19H,2-4H2,1H3,(H,20,22)/b14-10-;15-10-;14-6-;14-10-;13-7-. The monoisotopic (exact) mass is 1800 g/mol. The van der Waals surface area contributed by atoms with Crippen molar-refractivity contribution in [3.63, 3.8) is 0 Å². The predicted molar refractivity (Wildman–Crippen MR) is 507 cm³/mol. The molecule has 5 aromatic carbocycles. The Labute approximate surface area is 749 Å². The van der Waals surface area contributed by atoms with Gasteiger partial charge in [0.15, 0.2) is 17.3 Å². The molecule has 0 saturated heterocycles. The molecule has 28 heteroatoms. The number of hydrogen-bond donors (Lipinski definition) is 10. The van der Waals surface area contributed by atoms with E-state index in [0.717, 1.165) is 180 Å². The van der Waals surface area contributed by atoms with Gasteiger partial charge in [0, 0.05) is 247 Å².